The third kappa shape index (κ3) is 4.79. The first-order valence-corrected chi connectivity index (χ1v) is 12.7. The fourth-order valence-corrected chi connectivity index (χ4v) is 4.92. The number of benzene rings is 1. The van der Waals surface area contributed by atoms with Crippen LogP contribution in [0, 0.1) is 0 Å². The van der Waals surface area contributed by atoms with Crippen LogP contribution >= 0.6 is 0 Å². The van der Waals surface area contributed by atoms with Gasteiger partial charge in [0.25, 0.3) is 0 Å². The summed E-state index contributed by atoms with van der Waals surface area (Å²) in [6, 6.07) is 7.32. The van der Waals surface area contributed by atoms with Crippen LogP contribution < -0.4 is 4.74 Å². The molecule has 206 valence electrons. The van der Waals surface area contributed by atoms with Gasteiger partial charge in [0.05, 0.1) is 36.6 Å². The largest absolute Gasteiger partial charge is 0.480 e. The molecule has 0 aliphatic heterocycles. The molecule has 12 heteroatoms. The van der Waals surface area contributed by atoms with Crippen LogP contribution in [0.3, 0.4) is 0 Å². The van der Waals surface area contributed by atoms with Gasteiger partial charge in [-0.3, -0.25) is 0 Å². The van der Waals surface area contributed by atoms with Gasteiger partial charge in [-0.05, 0) is 18.4 Å². The number of aromatic nitrogens is 7. The highest BCUT2D eigenvalue weighted by Crippen LogP contribution is 2.45. The Kier molecular flexibility index (Phi) is 6.49. The highest BCUT2D eigenvalue weighted by atomic mass is 19.4. The number of nitrogens with one attached hydrogen (secondary N) is 1. The maximum atomic E-state index is 13.1. The maximum absolute atomic E-state index is 13.1. The van der Waals surface area contributed by atoms with Crippen LogP contribution in [0.5, 0.6) is 5.88 Å². The Morgan fingerprint density at radius 1 is 1.05 bits per heavy atom. The molecule has 0 atom stereocenters. The first-order chi connectivity index (χ1) is 19.3. The molecule has 40 heavy (non-hydrogen) atoms. The molecule has 4 heterocycles. The Morgan fingerprint density at radius 3 is 2.48 bits per heavy atom. The number of halogens is 3. The lowest BCUT2D eigenvalue weighted by Crippen LogP contribution is -2.04. The van der Waals surface area contributed by atoms with Gasteiger partial charge in [-0.25, -0.2) is 24.9 Å². The molecule has 5 aromatic rings. The quantitative estimate of drug-likeness (QED) is 0.274. The van der Waals surface area contributed by atoms with Crippen LogP contribution in [-0.4, -0.2) is 48.7 Å². The fourth-order valence-electron chi connectivity index (χ4n) is 4.92. The zero-order valence-corrected chi connectivity index (χ0v) is 22.1. The molecule has 0 amide bonds. The van der Waals surface area contributed by atoms with Crippen molar-refractivity contribution in [1.29, 1.82) is 0 Å². The van der Waals surface area contributed by atoms with Crippen LogP contribution in [-0.2, 0) is 31.0 Å². The average molecular weight is 550 g/mol. The summed E-state index contributed by atoms with van der Waals surface area (Å²) < 4.78 is 51.8. The molecule has 0 unspecified atom stereocenters. The lowest BCUT2D eigenvalue weighted by Gasteiger charge is -2.11. The summed E-state index contributed by atoms with van der Waals surface area (Å²) >= 11 is 0. The molecular formula is C28H26F3N7O2. The van der Waals surface area contributed by atoms with E-state index >= 15 is 0 Å². The monoisotopic (exact) mass is 549 g/mol. The van der Waals surface area contributed by atoms with E-state index in [0.717, 1.165) is 52.6 Å². The van der Waals surface area contributed by atoms with Gasteiger partial charge in [0.2, 0.25) is 5.88 Å². The SMILES string of the molecule is COCc1[nH]c2cnc(-c3c(OC)ncnc3C3CC3)nc2c1Cc1ccc(-c2nc(C(F)(F)F)cn2C)cc1. The van der Waals surface area contributed by atoms with E-state index < -0.39 is 11.9 Å². The molecule has 1 aromatic carbocycles. The Bertz CT molecular complexity index is 1690. The summed E-state index contributed by atoms with van der Waals surface area (Å²) in [5.74, 6) is 1.50. The normalized spacial score (nSPS) is 13.8. The fraction of sp³-hybridized carbons (Fsp3) is 0.321. The van der Waals surface area contributed by atoms with Crippen molar-refractivity contribution < 1.29 is 22.6 Å². The summed E-state index contributed by atoms with van der Waals surface area (Å²) in [6.45, 7) is 0.345. The van der Waals surface area contributed by atoms with E-state index in [4.69, 9.17) is 14.5 Å². The number of aromatic amines is 1. The first-order valence-electron chi connectivity index (χ1n) is 12.7. The van der Waals surface area contributed by atoms with Crippen molar-refractivity contribution in [3.63, 3.8) is 0 Å². The molecule has 4 aromatic heterocycles. The number of aryl methyl sites for hydroxylation is 1. The molecular weight excluding hydrogens is 523 g/mol. The van der Waals surface area contributed by atoms with Crippen molar-refractivity contribution in [2.24, 2.45) is 7.05 Å². The molecule has 0 bridgehead atoms. The van der Waals surface area contributed by atoms with Gasteiger partial charge >= 0.3 is 6.18 Å². The van der Waals surface area contributed by atoms with Crippen molar-refractivity contribution in [3.05, 3.63) is 71.2 Å². The number of hydrogen-bond acceptors (Lipinski definition) is 7. The summed E-state index contributed by atoms with van der Waals surface area (Å²) in [4.78, 5) is 25.5. The second-order valence-electron chi connectivity index (χ2n) is 9.82. The highest BCUT2D eigenvalue weighted by molar-refractivity contribution is 5.83. The molecule has 0 spiro atoms. The van der Waals surface area contributed by atoms with Crippen molar-refractivity contribution in [3.8, 4) is 28.7 Å². The van der Waals surface area contributed by atoms with Crippen molar-refractivity contribution in [2.75, 3.05) is 14.2 Å². The Labute approximate surface area is 227 Å². The second-order valence-corrected chi connectivity index (χ2v) is 9.82. The number of hydrogen-bond donors (Lipinski definition) is 1. The van der Waals surface area contributed by atoms with Gasteiger partial charge in [-0.15, -0.1) is 0 Å². The van der Waals surface area contributed by atoms with E-state index in [2.05, 4.69) is 24.9 Å². The van der Waals surface area contributed by atoms with Crippen molar-refractivity contribution in [1.82, 2.24) is 34.5 Å². The van der Waals surface area contributed by atoms with Crippen LogP contribution in [0.4, 0.5) is 13.2 Å². The van der Waals surface area contributed by atoms with Gasteiger partial charge in [-0.1, -0.05) is 24.3 Å². The lowest BCUT2D eigenvalue weighted by molar-refractivity contribution is -0.140. The number of nitrogens with zero attached hydrogens (tertiary/aromatic N) is 6. The summed E-state index contributed by atoms with van der Waals surface area (Å²) in [5.41, 5.74) is 5.52. The van der Waals surface area contributed by atoms with Crippen molar-refractivity contribution >= 4 is 11.0 Å². The molecule has 0 radical (unpaired) electrons. The first kappa shape index (κ1) is 25.9. The van der Waals surface area contributed by atoms with Gasteiger partial charge < -0.3 is 19.0 Å². The number of fused-ring (bicyclic) bond motifs is 1. The minimum absolute atomic E-state index is 0.244. The number of H-pyrrole nitrogens is 1. The van der Waals surface area contributed by atoms with E-state index in [9.17, 15) is 13.2 Å². The molecule has 1 N–H and O–H groups in total. The predicted molar refractivity (Wildman–Crippen MR) is 141 cm³/mol. The van der Waals surface area contributed by atoms with Gasteiger partial charge in [-0.2, -0.15) is 13.2 Å². The number of ether oxygens (including phenoxy) is 2. The number of rotatable bonds is 8. The number of alkyl halides is 3. The highest BCUT2D eigenvalue weighted by Gasteiger charge is 2.35. The molecule has 0 saturated heterocycles. The van der Waals surface area contributed by atoms with E-state index in [0.29, 0.717) is 41.8 Å². The van der Waals surface area contributed by atoms with Crippen molar-refractivity contribution in [2.45, 2.75) is 38.0 Å². The second kappa shape index (κ2) is 10.0. The molecule has 1 fully saturated rings. The smallest absolute Gasteiger partial charge is 0.434 e. The topological polar surface area (TPSA) is 104 Å². The zero-order valence-electron chi connectivity index (χ0n) is 22.1. The maximum Gasteiger partial charge on any atom is 0.434 e. The Hall–Kier alpha value is -4.32. The lowest BCUT2D eigenvalue weighted by atomic mass is 10.0. The third-order valence-corrected chi connectivity index (χ3v) is 7.00. The molecule has 9 nitrogen and oxygen atoms in total. The minimum Gasteiger partial charge on any atom is -0.480 e. The van der Waals surface area contributed by atoms with Crippen LogP contribution in [0.2, 0.25) is 0 Å². The van der Waals surface area contributed by atoms with Gasteiger partial charge in [0.15, 0.2) is 11.5 Å². The Balaban J connectivity index is 1.37. The molecule has 6 rings (SSSR count). The number of methoxy groups -OCH3 is 2. The summed E-state index contributed by atoms with van der Waals surface area (Å²) in [5, 5.41) is 0. The summed E-state index contributed by atoms with van der Waals surface area (Å²) in [7, 11) is 4.74. The molecule has 1 saturated carbocycles. The van der Waals surface area contributed by atoms with Gasteiger partial charge in [0.1, 0.15) is 17.7 Å². The van der Waals surface area contributed by atoms with Crippen LogP contribution in [0.15, 0.2) is 43.0 Å². The van der Waals surface area contributed by atoms with Gasteiger partial charge in [0, 0.05) is 49.5 Å². The predicted octanol–water partition coefficient (Wildman–Crippen LogP) is 5.46. The summed E-state index contributed by atoms with van der Waals surface area (Å²) in [6.07, 6.45) is 2.35. The average Bonchev–Trinajstić information content (AvgIpc) is 3.63. The Morgan fingerprint density at radius 2 is 1.82 bits per heavy atom. The van der Waals surface area contributed by atoms with Crippen LogP contribution in [0.25, 0.3) is 33.8 Å². The van der Waals surface area contributed by atoms with E-state index in [1.807, 2.05) is 12.1 Å². The minimum atomic E-state index is -4.50. The van der Waals surface area contributed by atoms with E-state index in [-0.39, 0.29) is 5.82 Å². The third-order valence-electron chi connectivity index (χ3n) is 7.00. The standard InChI is InChI=1S/C28H26F3N7O2/c1-38-12-21(28(29,30)31)36-26(38)17-6-4-15(5-7-17)10-18-20(13-39-2)35-19-11-32-25(37-24(18)19)22-23(16-8-9-16)33-14-34-27(22)40-3/h4-7,11-12,14,16,35H,8-10,13H2,1-3H3. The van der Waals surface area contributed by atoms with E-state index in [1.54, 1.807) is 39.6 Å². The number of imidazole rings is 1. The molecule has 1 aliphatic rings. The molecule has 1 aliphatic carbocycles. The zero-order chi connectivity index (χ0) is 28.0. The van der Waals surface area contributed by atoms with Crippen LogP contribution in [0.1, 0.15) is 47.0 Å². The van der Waals surface area contributed by atoms with E-state index in [1.165, 1.54) is 10.9 Å².